The van der Waals surface area contributed by atoms with Gasteiger partial charge in [-0.05, 0) is 18.8 Å². The molecule has 0 heterocycles. The number of carbonyl (C=O) groups is 2. The van der Waals surface area contributed by atoms with E-state index in [1.807, 2.05) is 7.05 Å². The van der Waals surface area contributed by atoms with Gasteiger partial charge in [0.2, 0.25) is 11.8 Å². The molecule has 0 spiro atoms. The van der Waals surface area contributed by atoms with Crippen molar-refractivity contribution in [1.82, 2.24) is 10.2 Å². The van der Waals surface area contributed by atoms with Gasteiger partial charge >= 0.3 is 0 Å². The van der Waals surface area contributed by atoms with Gasteiger partial charge in [-0.2, -0.15) is 0 Å². The summed E-state index contributed by atoms with van der Waals surface area (Å²) in [5.74, 6) is 0.219. The number of amides is 2. The zero-order valence-corrected chi connectivity index (χ0v) is 10.7. The average Bonchev–Trinajstić information content (AvgIpc) is 2.35. The first-order valence-corrected chi connectivity index (χ1v) is 6.28. The van der Waals surface area contributed by atoms with Gasteiger partial charge in [-0.1, -0.05) is 19.8 Å². The predicted octanol–water partition coefficient (Wildman–Crippen LogP) is 0.0984. The molecule has 0 aromatic heterocycles. The molecule has 0 bridgehead atoms. The van der Waals surface area contributed by atoms with Crippen LogP contribution in [0.25, 0.3) is 0 Å². The van der Waals surface area contributed by atoms with Crippen LogP contribution in [0.2, 0.25) is 0 Å². The third-order valence-electron chi connectivity index (χ3n) is 3.58. The van der Waals surface area contributed by atoms with Gasteiger partial charge in [0.15, 0.2) is 0 Å². The molecular weight excluding hydrogens is 218 g/mol. The van der Waals surface area contributed by atoms with Crippen LogP contribution in [0.3, 0.4) is 0 Å². The molecule has 1 rings (SSSR count). The van der Waals surface area contributed by atoms with Crippen LogP contribution in [0.5, 0.6) is 0 Å². The second-order valence-electron chi connectivity index (χ2n) is 4.81. The van der Waals surface area contributed by atoms with Gasteiger partial charge in [-0.25, -0.2) is 0 Å². The van der Waals surface area contributed by atoms with Crippen LogP contribution in [0.15, 0.2) is 0 Å². The predicted molar refractivity (Wildman–Crippen MR) is 66.3 cm³/mol. The summed E-state index contributed by atoms with van der Waals surface area (Å²) in [6.07, 6.45) is 4.68. The number of nitrogens with zero attached hydrogens (tertiary/aromatic N) is 1. The van der Waals surface area contributed by atoms with Crippen molar-refractivity contribution in [3.63, 3.8) is 0 Å². The van der Waals surface area contributed by atoms with Crippen LogP contribution in [0.4, 0.5) is 0 Å². The molecule has 1 fully saturated rings. The Kier molecular flexibility index (Phi) is 5.41. The SMILES string of the molecule is CC1CCCCC1N(C)C(=O)CNC(=O)CN. The summed E-state index contributed by atoms with van der Waals surface area (Å²) in [4.78, 5) is 24.6. The summed E-state index contributed by atoms with van der Waals surface area (Å²) in [7, 11) is 1.82. The summed E-state index contributed by atoms with van der Waals surface area (Å²) in [5, 5.41) is 2.51. The van der Waals surface area contributed by atoms with Gasteiger partial charge in [0.25, 0.3) is 0 Å². The molecule has 98 valence electrons. The summed E-state index contributed by atoms with van der Waals surface area (Å²) in [6, 6.07) is 0.311. The molecule has 0 aromatic rings. The van der Waals surface area contributed by atoms with Gasteiger partial charge in [0, 0.05) is 13.1 Å². The van der Waals surface area contributed by atoms with Crippen LogP contribution in [-0.2, 0) is 9.59 Å². The highest BCUT2D eigenvalue weighted by Gasteiger charge is 2.27. The molecular formula is C12H23N3O2. The lowest BCUT2D eigenvalue weighted by Gasteiger charge is -2.36. The molecule has 1 saturated carbocycles. The van der Waals surface area contributed by atoms with E-state index < -0.39 is 0 Å². The lowest BCUT2D eigenvalue weighted by atomic mass is 9.85. The van der Waals surface area contributed by atoms with Gasteiger partial charge in [-0.3, -0.25) is 9.59 Å². The van der Waals surface area contributed by atoms with E-state index in [9.17, 15) is 9.59 Å². The first-order chi connectivity index (χ1) is 8.06. The maximum absolute atomic E-state index is 11.9. The van der Waals surface area contributed by atoms with Crippen LogP contribution < -0.4 is 11.1 Å². The first kappa shape index (κ1) is 14.0. The molecule has 5 nitrogen and oxygen atoms in total. The lowest BCUT2D eigenvalue weighted by molar-refractivity contribution is -0.134. The minimum Gasteiger partial charge on any atom is -0.346 e. The van der Waals surface area contributed by atoms with E-state index >= 15 is 0 Å². The molecule has 3 N–H and O–H groups in total. The number of rotatable bonds is 4. The van der Waals surface area contributed by atoms with Crippen LogP contribution in [0.1, 0.15) is 32.6 Å². The second kappa shape index (κ2) is 6.59. The molecule has 0 aliphatic heterocycles. The first-order valence-electron chi connectivity index (χ1n) is 6.28. The molecule has 1 aliphatic rings. The number of hydrogen-bond acceptors (Lipinski definition) is 3. The maximum Gasteiger partial charge on any atom is 0.241 e. The van der Waals surface area contributed by atoms with E-state index in [0.717, 1.165) is 6.42 Å². The number of nitrogens with one attached hydrogen (secondary N) is 1. The molecule has 2 amide bonds. The molecule has 0 radical (unpaired) electrons. The summed E-state index contributed by atoms with van der Waals surface area (Å²) < 4.78 is 0. The molecule has 5 heteroatoms. The standard InChI is InChI=1S/C12H23N3O2/c1-9-5-3-4-6-10(9)15(2)12(17)8-14-11(16)7-13/h9-10H,3-8,13H2,1-2H3,(H,14,16). The zero-order valence-electron chi connectivity index (χ0n) is 10.7. The Labute approximate surface area is 103 Å². The Balaban J connectivity index is 2.42. The Morgan fingerprint density at radius 2 is 2.00 bits per heavy atom. The van der Waals surface area contributed by atoms with Crippen LogP contribution in [-0.4, -0.2) is 42.9 Å². The quantitative estimate of drug-likeness (QED) is 0.733. The van der Waals surface area contributed by atoms with Crippen molar-refractivity contribution in [2.75, 3.05) is 20.1 Å². The van der Waals surface area contributed by atoms with E-state index in [0.29, 0.717) is 12.0 Å². The summed E-state index contributed by atoms with van der Waals surface area (Å²) in [5.41, 5.74) is 5.16. The van der Waals surface area contributed by atoms with E-state index in [1.165, 1.54) is 19.3 Å². The molecule has 2 unspecified atom stereocenters. The van der Waals surface area contributed by atoms with Gasteiger partial charge in [-0.15, -0.1) is 0 Å². The number of nitrogens with two attached hydrogens (primary N) is 1. The monoisotopic (exact) mass is 241 g/mol. The van der Waals surface area contributed by atoms with Crippen molar-refractivity contribution in [1.29, 1.82) is 0 Å². The minimum atomic E-state index is -0.288. The number of hydrogen-bond donors (Lipinski definition) is 2. The topological polar surface area (TPSA) is 75.4 Å². The average molecular weight is 241 g/mol. The third-order valence-corrected chi connectivity index (χ3v) is 3.58. The molecule has 17 heavy (non-hydrogen) atoms. The van der Waals surface area contributed by atoms with Crippen molar-refractivity contribution in [3.05, 3.63) is 0 Å². The molecule has 1 aliphatic carbocycles. The second-order valence-corrected chi connectivity index (χ2v) is 4.81. The fourth-order valence-corrected chi connectivity index (χ4v) is 2.43. The molecule has 0 saturated heterocycles. The third kappa shape index (κ3) is 4.00. The minimum absolute atomic E-state index is 0.0365. The highest BCUT2D eigenvalue weighted by molar-refractivity contribution is 5.85. The Hall–Kier alpha value is -1.10. The van der Waals surface area contributed by atoms with E-state index in [-0.39, 0.29) is 24.9 Å². The number of likely N-dealkylation sites (N-methyl/N-ethyl adjacent to an activating group) is 1. The van der Waals surface area contributed by atoms with Gasteiger partial charge in [0.05, 0.1) is 13.1 Å². The Bertz CT molecular complexity index is 281. The smallest absolute Gasteiger partial charge is 0.241 e. The van der Waals surface area contributed by atoms with E-state index in [4.69, 9.17) is 5.73 Å². The van der Waals surface area contributed by atoms with Crippen molar-refractivity contribution >= 4 is 11.8 Å². The summed E-state index contributed by atoms with van der Waals surface area (Å²) in [6.45, 7) is 2.17. The Morgan fingerprint density at radius 3 is 2.59 bits per heavy atom. The lowest BCUT2D eigenvalue weighted by Crippen LogP contribution is -2.47. The van der Waals surface area contributed by atoms with Crippen molar-refractivity contribution in [2.45, 2.75) is 38.6 Å². The fourth-order valence-electron chi connectivity index (χ4n) is 2.43. The van der Waals surface area contributed by atoms with Crippen molar-refractivity contribution in [3.8, 4) is 0 Å². The fraction of sp³-hybridized carbons (Fsp3) is 0.833. The van der Waals surface area contributed by atoms with E-state index in [2.05, 4.69) is 12.2 Å². The highest BCUT2D eigenvalue weighted by atomic mass is 16.2. The largest absolute Gasteiger partial charge is 0.346 e. The van der Waals surface area contributed by atoms with Gasteiger partial charge in [0.1, 0.15) is 0 Å². The molecule has 0 aromatic carbocycles. The highest BCUT2D eigenvalue weighted by Crippen LogP contribution is 2.27. The Morgan fingerprint density at radius 1 is 1.35 bits per heavy atom. The normalized spacial score (nSPS) is 24.2. The van der Waals surface area contributed by atoms with Crippen LogP contribution >= 0.6 is 0 Å². The van der Waals surface area contributed by atoms with E-state index in [1.54, 1.807) is 4.90 Å². The molecule has 2 atom stereocenters. The van der Waals surface area contributed by atoms with Crippen LogP contribution in [0, 0.1) is 5.92 Å². The maximum atomic E-state index is 11.9. The van der Waals surface area contributed by atoms with Gasteiger partial charge < -0.3 is 16.0 Å². The van der Waals surface area contributed by atoms with Crippen molar-refractivity contribution < 1.29 is 9.59 Å². The summed E-state index contributed by atoms with van der Waals surface area (Å²) >= 11 is 0. The van der Waals surface area contributed by atoms with Crippen molar-refractivity contribution in [2.24, 2.45) is 11.7 Å². The zero-order chi connectivity index (χ0) is 12.8. The number of carbonyl (C=O) groups excluding carboxylic acids is 2.